The molecule has 5 nitrogen and oxygen atoms in total. The molecule has 0 aromatic heterocycles. The van der Waals surface area contributed by atoms with E-state index in [-0.39, 0.29) is 23.8 Å². The van der Waals surface area contributed by atoms with Gasteiger partial charge in [-0.2, -0.15) is 0 Å². The Balaban J connectivity index is 0.00000172. The number of nitrogens with one attached hydrogen (secondary N) is 1. The van der Waals surface area contributed by atoms with Gasteiger partial charge in [0.05, 0.1) is 11.1 Å². The van der Waals surface area contributed by atoms with E-state index in [2.05, 4.69) is 16.9 Å². The van der Waals surface area contributed by atoms with Crippen molar-refractivity contribution in [2.45, 2.75) is 39.0 Å². The summed E-state index contributed by atoms with van der Waals surface area (Å²) in [5, 5.41) is 13.2. The SMILES string of the molecule is CC(N)C(=O)OC(C)C(C)C1NC=C(Cl)C=C1O.CCl. The van der Waals surface area contributed by atoms with E-state index in [0.29, 0.717) is 5.03 Å². The van der Waals surface area contributed by atoms with Gasteiger partial charge < -0.3 is 20.9 Å². The van der Waals surface area contributed by atoms with Crippen molar-refractivity contribution in [1.29, 1.82) is 0 Å². The summed E-state index contributed by atoms with van der Waals surface area (Å²) in [6.07, 6.45) is 4.17. The summed E-state index contributed by atoms with van der Waals surface area (Å²) in [4.78, 5) is 11.4. The lowest BCUT2D eigenvalue weighted by Crippen LogP contribution is -2.43. The van der Waals surface area contributed by atoms with Crippen molar-refractivity contribution in [3.8, 4) is 0 Å². The molecule has 1 rings (SSSR count). The summed E-state index contributed by atoms with van der Waals surface area (Å²) in [6, 6.07) is -0.985. The molecule has 1 heterocycles. The van der Waals surface area contributed by atoms with Gasteiger partial charge >= 0.3 is 5.97 Å². The number of nitrogens with two attached hydrogens (primary N) is 1. The Hall–Kier alpha value is -0.910. The number of aliphatic hydroxyl groups excluding tert-OH is 1. The minimum Gasteiger partial charge on any atom is -0.510 e. The van der Waals surface area contributed by atoms with Crippen LogP contribution in [0, 0.1) is 5.92 Å². The molecular formula is C13H22Cl2N2O3. The second kappa shape index (κ2) is 9.10. The third kappa shape index (κ3) is 5.61. The maximum absolute atomic E-state index is 11.4. The molecule has 4 atom stereocenters. The smallest absolute Gasteiger partial charge is 0.322 e. The van der Waals surface area contributed by atoms with E-state index < -0.39 is 12.0 Å². The van der Waals surface area contributed by atoms with E-state index >= 15 is 0 Å². The summed E-state index contributed by atoms with van der Waals surface area (Å²) >= 11 is 10.4. The number of carbonyl (C=O) groups is 1. The molecule has 0 fully saturated rings. The fourth-order valence-corrected chi connectivity index (χ4v) is 1.79. The van der Waals surface area contributed by atoms with Crippen LogP contribution in [0.4, 0.5) is 0 Å². The lowest BCUT2D eigenvalue weighted by atomic mass is 9.93. The van der Waals surface area contributed by atoms with Crippen molar-refractivity contribution >= 4 is 29.2 Å². The summed E-state index contributed by atoms with van der Waals surface area (Å²) in [5.41, 5.74) is 5.43. The average Bonchev–Trinajstić information content (AvgIpc) is 2.40. The normalized spacial score (nSPS) is 22.1. The molecule has 20 heavy (non-hydrogen) atoms. The highest BCUT2D eigenvalue weighted by atomic mass is 35.5. The van der Waals surface area contributed by atoms with E-state index in [1.165, 1.54) is 12.5 Å². The molecule has 1 aliphatic heterocycles. The van der Waals surface area contributed by atoms with E-state index in [4.69, 9.17) is 22.1 Å². The highest BCUT2D eigenvalue weighted by Crippen LogP contribution is 2.22. The van der Waals surface area contributed by atoms with Gasteiger partial charge in [-0.3, -0.25) is 4.79 Å². The van der Waals surface area contributed by atoms with Crippen LogP contribution in [0.3, 0.4) is 0 Å². The maximum Gasteiger partial charge on any atom is 0.322 e. The number of hydrogen-bond donors (Lipinski definition) is 3. The second-order valence-electron chi connectivity index (χ2n) is 4.53. The Morgan fingerprint density at radius 3 is 2.45 bits per heavy atom. The summed E-state index contributed by atoms with van der Waals surface area (Å²) in [7, 11) is 0. The minimum absolute atomic E-state index is 0.120. The van der Waals surface area contributed by atoms with Crippen LogP contribution >= 0.6 is 23.2 Å². The number of dihydropyridines is 1. The molecule has 0 aliphatic carbocycles. The predicted molar refractivity (Wildman–Crippen MR) is 81.7 cm³/mol. The lowest BCUT2D eigenvalue weighted by Gasteiger charge is -2.30. The number of carbonyl (C=O) groups excluding carboxylic acids is 1. The first-order chi connectivity index (χ1) is 9.32. The summed E-state index contributed by atoms with van der Waals surface area (Å²) < 4.78 is 5.21. The molecule has 0 spiro atoms. The van der Waals surface area contributed by atoms with E-state index in [9.17, 15) is 9.90 Å². The molecule has 0 saturated heterocycles. The number of rotatable bonds is 4. The molecule has 1 aliphatic rings. The van der Waals surface area contributed by atoms with Crippen molar-refractivity contribution in [3.05, 3.63) is 23.1 Å². The van der Waals surface area contributed by atoms with Crippen LogP contribution in [0.2, 0.25) is 0 Å². The number of halogens is 2. The van der Waals surface area contributed by atoms with Crippen LogP contribution in [-0.2, 0) is 9.53 Å². The van der Waals surface area contributed by atoms with Gasteiger partial charge in [0.2, 0.25) is 0 Å². The van der Waals surface area contributed by atoms with Crippen LogP contribution in [0.15, 0.2) is 23.1 Å². The molecule has 0 aromatic carbocycles. The van der Waals surface area contributed by atoms with Gasteiger partial charge in [0.15, 0.2) is 0 Å². The summed E-state index contributed by atoms with van der Waals surface area (Å²) in [6.45, 7) is 5.20. The Morgan fingerprint density at radius 2 is 2.00 bits per heavy atom. The van der Waals surface area contributed by atoms with Crippen LogP contribution in [0.5, 0.6) is 0 Å². The third-order valence-electron chi connectivity index (χ3n) is 2.95. The van der Waals surface area contributed by atoms with Gasteiger partial charge in [-0.05, 0) is 19.9 Å². The molecule has 0 aromatic rings. The fourth-order valence-electron chi connectivity index (χ4n) is 1.62. The highest BCUT2D eigenvalue weighted by molar-refractivity contribution is 6.31. The number of esters is 1. The topological polar surface area (TPSA) is 84.6 Å². The van der Waals surface area contributed by atoms with Crippen molar-refractivity contribution in [2.75, 3.05) is 6.38 Å². The summed E-state index contributed by atoms with van der Waals surface area (Å²) in [5.74, 6) is -0.453. The zero-order valence-corrected chi connectivity index (χ0v) is 13.6. The number of hydrogen-bond acceptors (Lipinski definition) is 5. The monoisotopic (exact) mass is 324 g/mol. The van der Waals surface area contributed by atoms with Crippen molar-refractivity contribution in [3.63, 3.8) is 0 Å². The quantitative estimate of drug-likeness (QED) is 0.545. The Bertz CT molecular complexity index is 384. The first-order valence-electron chi connectivity index (χ1n) is 6.19. The molecular weight excluding hydrogens is 303 g/mol. The Kier molecular flexibility index (Phi) is 8.69. The van der Waals surface area contributed by atoms with Crippen LogP contribution in [0.1, 0.15) is 20.8 Å². The third-order valence-corrected chi connectivity index (χ3v) is 3.16. The van der Waals surface area contributed by atoms with Gasteiger partial charge in [0, 0.05) is 18.5 Å². The maximum atomic E-state index is 11.4. The van der Waals surface area contributed by atoms with E-state index in [1.54, 1.807) is 20.0 Å². The van der Waals surface area contributed by atoms with Gasteiger partial charge in [-0.25, -0.2) is 0 Å². The zero-order chi connectivity index (χ0) is 15.9. The number of alkyl halides is 1. The standard InChI is InChI=1S/C12H19ClN2O3.CH3Cl/c1-6(8(3)18-12(17)7(2)14)11-10(16)4-9(13)5-15-11;1-2/h4-8,11,15-16H,14H2,1-3H3;1H3. The van der Waals surface area contributed by atoms with Gasteiger partial charge in [0.25, 0.3) is 0 Å². The van der Waals surface area contributed by atoms with Gasteiger partial charge in [-0.15, -0.1) is 11.6 Å². The molecule has 0 amide bonds. The average molecular weight is 325 g/mol. The largest absolute Gasteiger partial charge is 0.510 e. The van der Waals surface area contributed by atoms with E-state index in [1.807, 2.05) is 6.92 Å². The van der Waals surface area contributed by atoms with E-state index in [0.717, 1.165) is 0 Å². The van der Waals surface area contributed by atoms with Crippen LogP contribution in [0.25, 0.3) is 0 Å². The van der Waals surface area contributed by atoms with Crippen molar-refractivity contribution in [2.24, 2.45) is 11.7 Å². The van der Waals surface area contributed by atoms with Crippen LogP contribution in [-0.4, -0.2) is 35.6 Å². The Labute approximate surface area is 129 Å². The first kappa shape index (κ1) is 19.1. The first-order valence-corrected chi connectivity index (χ1v) is 7.32. The Morgan fingerprint density at radius 1 is 1.45 bits per heavy atom. The van der Waals surface area contributed by atoms with Gasteiger partial charge in [-0.1, -0.05) is 18.5 Å². The number of ether oxygens (including phenoxy) is 1. The number of aliphatic hydroxyl groups is 1. The molecule has 116 valence electrons. The predicted octanol–water partition coefficient (Wildman–Crippen LogP) is 2.25. The number of allylic oxidation sites excluding steroid dienone is 2. The molecule has 0 radical (unpaired) electrons. The second-order valence-corrected chi connectivity index (χ2v) is 4.97. The molecule has 4 unspecified atom stereocenters. The van der Waals surface area contributed by atoms with Crippen molar-refractivity contribution < 1.29 is 14.6 Å². The van der Waals surface area contributed by atoms with Crippen molar-refractivity contribution in [1.82, 2.24) is 5.32 Å². The molecule has 4 N–H and O–H groups in total. The highest BCUT2D eigenvalue weighted by Gasteiger charge is 2.29. The fraction of sp³-hybridized carbons (Fsp3) is 0.615. The molecule has 7 heteroatoms. The van der Waals surface area contributed by atoms with Crippen LogP contribution < -0.4 is 11.1 Å². The molecule has 0 bridgehead atoms. The zero-order valence-electron chi connectivity index (χ0n) is 12.1. The minimum atomic E-state index is -0.655. The molecule has 0 saturated carbocycles. The lowest BCUT2D eigenvalue weighted by molar-refractivity contribution is -0.152. The van der Waals surface area contributed by atoms with Gasteiger partial charge in [0.1, 0.15) is 17.9 Å².